The third-order valence-electron chi connectivity index (χ3n) is 4.04. The first-order chi connectivity index (χ1) is 11.1. The van der Waals surface area contributed by atoms with Gasteiger partial charge in [0.1, 0.15) is 24.3 Å². The molecule has 1 aromatic carbocycles. The van der Waals surface area contributed by atoms with Gasteiger partial charge in [0.05, 0.1) is 11.7 Å². The Bertz CT molecular complexity index is 629. The standard InChI is InChI=1S/C17H21FN2O3/c1-12-9-17(23-19-12)16-3-2-8-20(16)10-14(21)11-22-15-6-4-13(18)5-7-15/h4-7,9,14,16,21H,2-3,8,10-11H2,1H3/t14-,16+/m1/s1. The number of nitrogens with zero attached hydrogens (tertiary/aromatic N) is 2. The van der Waals surface area contributed by atoms with Gasteiger partial charge in [-0.1, -0.05) is 5.16 Å². The van der Waals surface area contributed by atoms with Crippen molar-refractivity contribution in [2.24, 2.45) is 0 Å². The van der Waals surface area contributed by atoms with Gasteiger partial charge < -0.3 is 14.4 Å². The van der Waals surface area contributed by atoms with Crippen molar-refractivity contribution in [1.29, 1.82) is 0 Å². The first-order valence-corrected chi connectivity index (χ1v) is 7.85. The molecule has 5 nitrogen and oxygen atoms in total. The van der Waals surface area contributed by atoms with E-state index in [9.17, 15) is 9.50 Å². The van der Waals surface area contributed by atoms with Crippen molar-refractivity contribution >= 4 is 0 Å². The Hall–Kier alpha value is -1.92. The lowest BCUT2D eigenvalue weighted by Gasteiger charge is -2.25. The van der Waals surface area contributed by atoms with E-state index in [1.165, 1.54) is 12.1 Å². The lowest BCUT2D eigenvalue weighted by molar-refractivity contribution is 0.0597. The molecular formula is C17H21FN2O3. The number of hydrogen-bond acceptors (Lipinski definition) is 5. The van der Waals surface area contributed by atoms with Crippen molar-refractivity contribution in [3.63, 3.8) is 0 Å². The quantitative estimate of drug-likeness (QED) is 0.887. The van der Waals surface area contributed by atoms with Crippen molar-refractivity contribution in [2.75, 3.05) is 19.7 Å². The van der Waals surface area contributed by atoms with Crippen molar-refractivity contribution in [3.8, 4) is 5.75 Å². The molecule has 1 saturated heterocycles. The van der Waals surface area contributed by atoms with Gasteiger partial charge in [-0.2, -0.15) is 0 Å². The van der Waals surface area contributed by atoms with E-state index in [-0.39, 0.29) is 18.5 Å². The first kappa shape index (κ1) is 16.0. The zero-order chi connectivity index (χ0) is 16.2. The van der Waals surface area contributed by atoms with Crippen LogP contribution >= 0.6 is 0 Å². The fraction of sp³-hybridized carbons (Fsp3) is 0.471. The molecular weight excluding hydrogens is 299 g/mol. The van der Waals surface area contributed by atoms with E-state index in [1.807, 2.05) is 13.0 Å². The number of aromatic nitrogens is 1. The summed E-state index contributed by atoms with van der Waals surface area (Å²) in [6.07, 6.45) is 1.44. The molecule has 0 bridgehead atoms. The Morgan fingerprint density at radius 1 is 1.43 bits per heavy atom. The summed E-state index contributed by atoms with van der Waals surface area (Å²) in [5.74, 6) is 1.10. The molecule has 1 fully saturated rings. The van der Waals surface area contributed by atoms with Crippen LogP contribution in [0.2, 0.25) is 0 Å². The summed E-state index contributed by atoms with van der Waals surface area (Å²) < 4.78 is 23.7. The number of aliphatic hydroxyl groups excluding tert-OH is 1. The van der Waals surface area contributed by atoms with E-state index in [4.69, 9.17) is 9.26 Å². The molecule has 2 atom stereocenters. The third kappa shape index (κ3) is 4.09. The fourth-order valence-electron chi connectivity index (χ4n) is 2.95. The smallest absolute Gasteiger partial charge is 0.154 e. The van der Waals surface area contributed by atoms with Crippen LogP contribution in [0.4, 0.5) is 4.39 Å². The van der Waals surface area contributed by atoms with Crippen LogP contribution in [0.5, 0.6) is 5.75 Å². The minimum Gasteiger partial charge on any atom is -0.491 e. The van der Waals surface area contributed by atoms with E-state index < -0.39 is 6.10 Å². The highest BCUT2D eigenvalue weighted by Crippen LogP contribution is 2.32. The molecule has 2 aromatic rings. The van der Waals surface area contributed by atoms with E-state index in [0.717, 1.165) is 30.8 Å². The van der Waals surface area contributed by atoms with Gasteiger partial charge in [0, 0.05) is 12.6 Å². The lowest BCUT2D eigenvalue weighted by Crippen LogP contribution is -2.35. The van der Waals surface area contributed by atoms with E-state index >= 15 is 0 Å². The average molecular weight is 320 g/mol. The van der Waals surface area contributed by atoms with Crippen LogP contribution in [0.3, 0.4) is 0 Å². The SMILES string of the molecule is Cc1cc([C@@H]2CCCN2C[C@@H](O)COc2ccc(F)cc2)on1. The number of aliphatic hydroxyl groups is 1. The van der Waals surface area contributed by atoms with Gasteiger partial charge in [0.2, 0.25) is 0 Å². The van der Waals surface area contributed by atoms with Crippen molar-refractivity contribution in [2.45, 2.75) is 31.9 Å². The second-order valence-electron chi connectivity index (χ2n) is 5.94. The Kier molecular flexibility index (Phi) is 4.93. The molecule has 6 heteroatoms. The maximum Gasteiger partial charge on any atom is 0.154 e. The van der Waals surface area contributed by atoms with Gasteiger partial charge in [0.15, 0.2) is 5.76 Å². The number of benzene rings is 1. The van der Waals surface area contributed by atoms with Gasteiger partial charge >= 0.3 is 0 Å². The number of ether oxygens (including phenoxy) is 1. The highest BCUT2D eigenvalue weighted by Gasteiger charge is 2.30. The summed E-state index contributed by atoms with van der Waals surface area (Å²) in [4.78, 5) is 2.19. The number of hydrogen-bond donors (Lipinski definition) is 1. The molecule has 0 radical (unpaired) electrons. The summed E-state index contributed by atoms with van der Waals surface area (Å²) in [6.45, 7) is 3.49. The number of β-amino-alcohol motifs (C(OH)–C–C–N with tert-alkyl or cyclic N) is 1. The molecule has 0 aliphatic carbocycles. The molecule has 0 amide bonds. The van der Waals surface area contributed by atoms with E-state index in [1.54, 1.807) is 12.1 Å². The predicted molar refractivity (Wildman–Crippen MR) is 82.7 cm³/mol. The minimum atomic E-state index is -0.621. The summed E-state index contributed by atoms with van der Waals surface area (Å²) in [5, 5.41) is 14.1. The van der Waals surface area contributed by atoms with Crippen LogP contribution in [0.15, 0.2) is 34.9 Å². The van der Waals surface area contributed by atoms with Gasteiger partial charge in [0.25, 0.3) is 0 Å². The average Bonchev–Trinajstić information content (AvgIpc) is 3.15. The van der Waals surface area contributed by atoms with Crippen LogP contribution in [0.1, 0.15) is 30.3 Å². The maximum absolute atomic E-state index is 12.8. The molecule has 1 aliphatic rings. The molecule has 1 aliphatic heterocycles. The summed E-state index contributed by atoms with van der Waals surface area (Å²) in [6, 6.07) is 7.90. The minimum absolute atomic E-state index is 0.164. The zero-order valence-corrected chi connectivity index (χ0v) is 13.1. The number of rotatable bonds is 6. The van der Waals surface area contributed by atoms with Crippen LogP contribution in [0, 0.1) is 12.7 Å². The predicted octanol–water partition coefficient (Wildman–Crippen LogP) is 2.70. The Balaban J connectivity index is 1.52. The molecule has 1 N–H and O–H groups in total. The second-order valence-corrected chi connectivity index (χ2v) is 5.94. The Morgan fingerprint density at radius 2 is 2.22 bits per heavy atom. The maximum atomic E-state index is 12.8. The van der Waals surface area contributed by atoms with Gasteiger partial charge in [-0.15, -0.1) is 0 Å². The molecule has 0 unspecified atom stereocenters. The number of aryl methyl sites for hydroxylation is 1. The van der Waals surface area contributed by atoms with Gasteiger partial charge in [-0.3, -0.25) is 4.90 Å². The van der Waals surface area contributed by atoms with Crippen molar-refractivity contribution in [3.05, 3.63) is 47.6 Å². The molecule has 23 heavy (non-hydrogen) atoms. The highest BCUT2D eigenvalue weighted by atomic mass is 19.1. The molecule has 2 heterocycles. The van der Waals surface area contributed by atoms with Crippen LogP contribution in [-0.4, -0.2) is 41.0 Å². The van der Waals surface area contributed by atoms with Crippen molar-refractivity contribution in [1.82, 2.24) is 10.1 Å². The number of likely N-dealkylation sites (tertiary alicyclic amines) is 1. The second kappa shape index (κ2) is 7.10. The summed E-state index contributed by atoms with van der Waals surface area (Å²) >= 11 is 0. The van der Waals surface area contributed by atoms with E-state index in [0.29, 0.717) is 12.3 Å². The largest absolute Gasteiger partial charge is 0.491 e. The molecule has 1 aromatic heterocycles. The van der Waals surface area contributed by atoms with Crippen LogP contribution in [0.25, 0.3) is 0 Å². The lowest BCUT2D eigenvalue weighted by atomic mass is 10.1. The third-order valence-corrected chi connectivity index (χ3v) is 4.04. The number of halogens is 1. The summed E-state index contributed by atoms with van der Waals surface area (Å²) in [5.41, 5.74) is 0.868. The molecule has 3 rings (SSSR count). The normalized spacial score (nSPS) is 19.9. The monoisotopic (exact) mass is 320 g/mol. The molecule has 124 valence electrons. The fourth-order valence-corrected chi connectivity index (χ4v) is 2.95. The Labute approximate surface area is 134 Å². The van der Waals surface area contributed by atoms with E-state index in [2.05, 4.69) is 10.1 Å². The Morgan fingerprint density at radius 3 is 2.91 bits per heavy atom. The topological polar surface area (TPSA) is 58.7 Å². The summed E-state index contributed by atoms with van der Waals surface area (Å²) in [7, 11) is 0. The van der Waals surface area contributed by atoms with Crippen LogP contribution < -0.4 is 4.74 Å². The zero-order valence-electron chi connectivity index (χ0n) is 13.1. The highest BCUT2D eigenvalue weighted by molar-refractivity contribution is 5.22. The van der Waals surface area contributed by atoms with Gasteiger partial charge in [-0.25, -0.2) is 4.39 Å². The molecule has 0 spiro atoms. The first-order valence-electron chi connectivity index (χ1n) is 7.85. The van der Waals surface area contributed by atoms with Crippen LogP contribution in [-0.2, 0) is 0 Å². The van der Waals surface area contributed by atoms with Gasteiger partial charge in [-0.05, 0) is 50.6 Å². The van der Waals surface area contributed by atoms with Crippen molar-refractivity contribution < 1.29 is 18.8 Å². The molecule has 0 saturated carbocycles.